The van der Waals surface area contributed by atoms with Crippen LogP contribution in [-0.4, -0.2) is 29.3 Å². The standard InChI is InChI=1S/C18H23N3O4/c1-3-23-14-10-9-13(11-15(14)24-4-2)17-20-21-18(25-17)19-16(22)12-7-5-6-8-12/h9-12H,3-8H2,1-2H3,(H,19,21,22). The molecule has 2 aromatic rings. The fraction of sp³-hybridized carbons (Fsp3) is 0.500. The van der Waals surface area contributed by atoms with Gasteiger partial charge in [-0.3, -0.25) is 10.1 Å². The van der Waals surface area contributed by atoms with Crippen LogP contribution in [0.15, 0.2) is 22.6 Å². The predicted octanol–water partition coefficient (Wildman–Crippen LogP) is 3.66. The lowest BCUT2D eigenvalue weighted by molar-refractivity contribution is -0.119. The van der Waals surface area contributed by atoms with Crippen molar-refractivity contribution in [3.8, 4) is 23.0 Å². The lowest BCUT2D eigenvalue weighted by Crippen LogP contribution is -2.20. The molecule has 0 spiro atoms. The Morgan fingerprint density at radius 2 is 1.88 bits per heavy atom. The number of hydrogen-bond donors (Lipinski definition) is 1. The van der Waals surface area contributed by atoms with Gasteiger partial charge in [-0.05, 0) is 44.9 Å². The first-order valence-electron chi connectivity index (χ1n) is 8.75. The Labute approximate surface area is 146 Å². The Morgan fingerprint density at radius 3 is 2.60 bits per heavy atom. The van der Waals surface area contributed by atoms with Gasteiger partial charge in [0, 0.05) is 11.5 Å². The third-order valence-electron chi connectivity index (χ3n) is 4.17. The fourth-order valence-electron chi connectivity index (χ4n) is 2.97. The van der Waals surface area contributed by atoms with Gasteiger partial charge in [0.1, 0.15) is 0 Å². The van der Waals surface area contributed by atoms with Crippen molar-refractivity contribution in [1.29, 1.82) is 0 Å². The zero-order valence-electron chi connectivity index (χ0n) is 14.6. The second kappa shape index (κ2) is 8.00. The van der Waals surface area contributed by atoms with E-state index in [1.807, 2.05) is 26.0 Å². The number of anilines is 1. The molecule has 1 heterocycles. The predicted molar refractivity (Wildman–Crippen MR) is 92.7 cm³/mol. The number of ether oxygens (including phenoxy) is 2. The zero-order chi connectivity index (χ0) is 17.6. The van der Waals surface area contributed by atoms with Crippen LogP contribution in [0.5, 0.6) is 11.5 Å². The number of amides is 1. The number of carbonyl (C=O) groups excluding carboxylic acids is 1. The summed E-state index contributed by atoms with van der Waals surface area (Å²) in [5, 5.41) is 10.6. The number of hydrogen-bond acceptors (Lipinski definition) is 6. The molecule has 1 aromatic carbocycles. The van der Waals surface area contributed by atoms with Gasteiger partial charge in [0.25, 0.3) is 0 Å². The quantitative estimate of drug-likeness (QED) is 0.824. The highest BCUT2D eigenvalue weighted by Crippen LogP contribution is 2.33. The van der Waals surface area contributed by atoms with Gasteiger partial charge in [-0.15, -0.1) is 5.10 Å². The molecule has 1 aliphatic rings. The molecule has 0 saturated heterocycles. The lowest BCUT2D eigenvalue weighted by atomic mass is 10.1. The summed E-state index contributed by atoms with van der Waals surface area (Å²) in [6.07, 6.45) is 4.03. The Hall–Kier alpha value is -2.57. The van der Waals surface area contributed by atoms with Crippen LogP contribution in [0, 0.1) is 5.92 Å². The summed E-state index contributed by atoms with van der Waals surface area (Å²) in [6.45, 7) is 4.90. The van der Waals surface area contributed by atoms with Crippen molar-refractivity contribution in [2.45, 2.75) is 39.5 Å². The highest BCUT2D eigenvalue weighted by Gasteiger charge is 2.24. The number of carbonyl (C=O) groups is 1. The minimum atomic E-state index is -0.0469. The number of rotatable bonds is 7. The molecule has 7 nitrogen and oxygen atoms in total. The SMILES string of the molecule is CCOc1ccc(-c2nnc(NC(=O)C3CCCC3)o2)cc1OCC. The zero-order valence-corrected chi connectivity index (χ0v) is 14.6. The molecule has 0 atom stereocenters. The fourth-order valence-corrected chi connectivity index (χ4v) is 2.97. The minimum Gasteiger partial charge on any atom is -0.490 e. The van der Waals surface area contributed by atoms with E-state index in [0.29, 0.717) is 36.2 Å². The maximum atomic E-state index is 12.1. The van der Waals surface area contributed by atoms with Crippen LogP contribution in [0.25, 0.3) is 11.5 Å². The summed E-state index contributed by atoms with van der Waals surface area (Å²) in [5.74, 6) is 1.62. The molecule has 1 N–H and O–H groups in total. The van der Waals surface area contributed by atoms with E-state index >= 15 is 0 Å². The van der Waals surface area contributed by atoms with Gasteiger partial charge < -0.3 is 13.9 Å². The maximum Gasteiger partial charge on any atom is 0.322 e. The van der Waals surface area contributed by atoms with Crippen LogP contribution in [-0.2, 0) is 4.79 Å². The van der Waals surface area contributed by atoms with Crippen molar-refractivity contribution in [2.24, 2.45) is 5.92 Å². The van der Waals surface area contributed by atoms with Gasteiger partial charge in [0.15, 0.2) is 11.5 Å². The molecule has 7 heteroatoms. The van der Waals surface area contributed by atoms with Crippen molar-refractivity contribution in [3.05, 3.63) is 18.2 Å². The summed E-state index contributed by atoms with van der Waals surface area (Å²) >= 11 is 0. The van der Waals surface area contributed by atoms with Crippen molar-refractivity contribution >= 4 is 11.9 Å². The van der Waals surface area contributed by atoms with Gasteiger partial charge in [0.05, 0.1) is 13.2 Å². The molecule has 1 amide bonds. The van der Waals surface area contributed by atoms with E-state index in [-0.39, 0.29) is 17.8 Å². The molecular weight excluding hydrogens is 322 g/mol. The van der Waals surface area contributed by atoms with Crippen molar-refractivity contribution < 1.29 is 18.7 Å². The second-order valence-corrected chi connectivity index (χ2v) is 5.91. The Kier molecular flexibility index (Phi) is 5.53. The molecular formula is C18H23N3O4. The average molecular weight is 345 g/mol. The first kappa shape index (κ1) is 17.3. The number of nitrogens with zero attached hydrogens (tertiary/aromatic N) is 2. The van der Waals surface area contributed by atoms with E-state index in [9.17, 15) is 4.79 Å². The second-order valence-electron chi connectivity index (χ2n) is 5.91. The molecule has 25 heavy (non-hydrogen) atoms. The first-order valence-corrected chi connectivity index (χ1v) is 8.75. The topological polar surface area (TPSA) is 86.5 Å². The largest absolute Gasteiger partial charge is 0.490 e. The van der Waals surface area contributed by atoms with Gasteiger partial charge in [-0.2, -0.15) is 0 Å². The first-order chi connectivity index (χ1) is 12.2. The molecule has 0 radical (unpaired) electrons. The molecule has 3 rings (SSSR count). The summed E-state index contributed by atoms with van der Waals surface area (Å²) in [7, 11) is 0. The smallest absolute Gasteiger partial charge is 0.322 e. The molecule has 0 unspecified atom stereocenters. The van der Waals surface area contributed by atoms with E-state index in [0.717, 1.165) is 25.7 Å². The Bertz CT molecular complexity index is 723. The van der Waals surface area contributed by atoms with Crippen LogP contribution in [0.4, 0.5) is 6.01 Å². The van der Waals surface area contributed by atoms with Gasteiger partial charge in [-0.1, -0.05) is 17.9 Å². The summed E-state index contributed by atoms with van der Waals surface area (Å²) < 4.78 is 16.7. The van der Waals surface area contributed by atoms with Crippen LogP contribution in [0.1, 0.15) is 39.5 Å². The van der Waals surface area contributed by atoms with E-state index in [1.54, 1.807) is 6.07 Å². The van der Waals surface area contributed by atoms with Crippen molar-refractivity contribution in [3.63, 3.8) is 0 Å². The number of benzene rings is 1. The monoisotopic (exact) mass is 345 g/mol. The summed E-state index contributed by atoms with van der Waals surface area (Å²) in [6, 6.07) is 5.55. The van der Waals surface area contributed by atoms with E-state index in [1.165, 1.54) is 0 Å². The van der Waals surface area contributed by atoms with Gasteiger partial charge >= 0.3 is 6.01 Å². The van der Waals surface area contributed by atoms with E-state index in [4.69, 9.17) is 13.9 Å². The minimum absolute atomic E-state index is 0.0467. The van der Waals surface area contributed by atoms with Crippen molar-refractivity contribution in [2.75, 3.05) is 18.5 Å². The molecule has 0 bridgehead atoms. The maximum absolute atomic E-state index is 12.1. The van der Waals surface area contributed by atoms with Crippen LogP contribution < -0.4 is 14.8 Å². The van der Waals surface area contributed by atoms with Gasteiger partial charge in [0.2, 0.25) is 11.8 Å². The molecule has 134 valence electrons. The molecule has 0 aliphatic heterocycles. The van der Waals surface area contributed by atoms with Crippen LogP contribution >= 0.6 is 0 Å². The molecule has 1 fully saturated rings. The van der Waals surface area contributed by atoms with Gasteiger partial charge in [-0.25, -0.2) is 0 Å². The normalized spacial score (nSPS) is 14.5. The lowest BCUT2D eigenvalue weighted by Gasteiger charge is -2.11. The molecule has 1 saturated carbocycles. The highest BCUT2D eigenvalue weighted by molar-refractivity contribution is 5.90. The van der Waals surface area contributed by atoms with Crippen LogP contribution in [0.3, 0.4) is 0 Å². The molecule has 1 aromatic heterocycles. The Balaban J connectivity index is 1.74. The third kappa shape index (κ3) is 4.10. The number of nitrogens with one attached hydrogen (secondary N) is 1. The molecule has 1 aliphatic carbocycles. The van der Waals surface area contributed by atoms with Crippen molar-refractivity contribution in [1.82, 2.24) is 10.2 Å². The van der Waals surface area contributed by atoms with Crippen LogP contribution in [0.2, 0.25) is 0 Å². The Morgan fingerprint density at radius 1 is 1.16 bits per heavy atom. The summed E-state index contributed by atoms with van der Waals surface area (Å²) in [5.41, 5.74) is 0.709. The summed E-state index contributed by atoms with van der Waals surface area (Å²) in [4.78, 5) is 12.1. The van der Waals surface area contributed by atoms with E-state index < -0.39 is 0 Å². The third-order valence-corrected chi connectivity index (χ3v) is 4.17. The average Bonchev–Trinajstić information content (AvgIpc) is 3.28. The highest BCUT2D eigenvalue weighted by atomic mass is 16.5. The van der Waals surface area contributed by atoms with E-state index in [2.05, 4.69) is 15.5 Å². The number of aromatic nitrogens is 2.